The molecule has 0 amide bonds. The van der Waals surface area contributed by atoms with E-state index in [0.29, 0.717) is 12.0 Å². The Labute approximate surface area is 94.8 Å². The van der Waals surface area contributed by atoms with Crippen LogP contribution in [0.1, 0.15) is 52.9 Å². The molecule has 15 heavy (non-hydrogen) atoms. The summed E-state index contributed by atoms with van der Waals surface area (Å²) in [6, 6.07) is 0.439. The predicted molar refractivity (Wildman–Crippen MR) is 65.5 cm³/mol. The topological polar surface area (TPSA) is 26.0 Å². The van der Waals surface area contributed by atoms with Crippen LogP contribution in [0, 0.1) is 29.6 Å². The van der Waals surface area contributed by atoms with Gasteiger partial charge in [0, 0.05) is 6.04 Å². The molecule has 0 aromatic rings. The zero-order valence-corrected chi connectivity index (χ0v) is 10.6. The lowest BCUT2D eigenvalue weighted by molar-refractivity contribution is 0.243. The number of nitrogens with two attached hydrogens (primary N) is 1. The maximum atomic E-state index is 6.33. The van der Waals surface area contributed by atoms with Crippen molar-refractivity contribution in [2.75, 3.05) is 0 Å². The van der Waals surface area contributed by atoms with E-state index in [1.807, 2.05) is 0 Å². The number of hydrogen-bond donors (Lipinski definition) is 1. The Morgan fingerprint density at radius 3 is 2.33 bits per heavy atom. The van der Waals surface area contributed by atoms with E-state index >= 15 is 0 Å². The summed E-state index contributed by atoms with van der Waals surface area (Å²) in [7, 11) is 0. The molecule has 0 aromatic heterocycles. The lowest BCUT2D eigenvalue weighted by Gasteiger charge is -2.29. The van der Waals surface area contributed by atoms with Gasteiger partial charge in [-0.1, -0.05) is 27.2 Å². The zero-order valence-electron chi connectivity index (χ0n) is 10.6. The van der Waals surface area contributed by atoms with Gasteiger partial charge in [0.05, 0.1) is 0 Å². The summed E-state index contributed by atoms with van der Waals surface area (Å²) in [4.78, 5) is 0. The maximum Gasteiger partial charge on any atom is 0.00697 e. The van der Waals surface area contributed by atoms with Gasteiger partial charge in [-0.05, 0) is 55.3 Å². The summed E-state index contributed by atoms with van der Waals surface area (Å²) in [6.07, 6.45) is 7.31. The first kappa shape index (κ1) is 11.4. The van der Waals surface area contributed by atoms with Crippen LogP contribution < -0.4 is 5.73 Å². The van der Waals surface area contributed by atoms with Gasteiger partial charge in [-0.3, -0.25) is 0 Å². The van der Waals surface area contributed by atoms with E-state index in [2.05, 4.69) is 20.8 Å². The highest BCUT2D eigenvalue weighted by molar-refractivity contribution is 4.92. The predicted octanol–water partition coefficient (Wildman–Crippen LogP) is 3.43. The maximum absolute atomic E-state index is 6.33. The monoisotopic (exact) mass is 209 g/mol. The summed E-state index contributed by atoms with van der Waals surface area (Å²) in [5.74, 6) is 4.50. The van der Waals surface area contributed by atoms with Crippen molar-refractivity contribution in [2.24, 2.45) is 35.3 Å². The largest absolute Gasteiger partial charge is 0.327 e. The van der Waals surface area contributed by atoms with Crippen LogP contribution in [0.15, 0.2) is 0 Å². The minimum absolute atomic E-state index is 0.439. The fourth-order valence-electron chi connectivity index (χ4n) is 3.72. The molecule has 0 spiro atoms. The first-order valence-electron chi connectivity index (χ1n) is 6.83. The minimum atomic E-state index is 0.439. The fourth-order valence-corrected chi connectivity index (χ4v) is 3.72. The third-order valence-electron chi connectivity index (χ3n) is 5.19. The Hall–Kier alpha value is -0.0400. The Morgan fingerprint density at radius 2 is 1.87 bits per heavy atom. The summed E-state index contributed by atoms with van der Waals surface area (Å²) in [5, 5.41) is 0. The van der Waals surface area contributed by atoms with Crippen molar-refractivity contribution in [3.05, 3.63) is 0 Å². The van der Waals surface area contributed by atoms with Gasteiger partial charge in [-0.2, -0.15) is 0 Å². The van der Waals surface area contributed by atoms with Crippen LogP contribution in [0.4, 0.5) is 0 Å². The molecule has 0 heterocycles. The molecule has 1 heteroatoms. The van der Waals surface area contributed by atoms with Gasteiger partial charge < -0.3 is 5.73 Å². The van der Waals surface area contributed by atoms with Crippen LogP contribution >= 0.6 is 0 Å². The molecule has 2 bridgehead atoms. The summed E-state index contributed by atoms with van der Waals surface area (Å²) < 4.78 is 0. The van der Waals surface area contributed by atoms with Crippen LogP contribution in [0.3, 0.4) is 0 Å². The smallest absolute Gasteiger partial charge is 0.00697 e. The summed E-state index contributed by atoms with van der Waals surface area (Å²) in [5.41, 5.74) is 6.33. The first-order chi connectivity index (χ1) is 7.08. The van der Waals surface area contributed by atoms with Gasteiger partial charge in [-0.25, -0.2) is 0 Å². The second-order valence-corrected chi connectivity index (χ2v) is 6.44. The Balaban J connectivity index is 1.82. The molecule has 5 atom stereocenters. The van der Waals surface area contributed by atoms with Gasteiger partial charge in [0.2, 0.25) is 0 Å². The molecule has 2 N–H and O–H groups in total. The Kier molecular flexibility index (Phi) is 3.39. The van der Waals surface area contributed by atoms with Crippen LogP contribution in [-0.2, 0) is 0 Å². The average Bonchev–Trinajstić information content (AvgIpc) is 2.77. The SMILES string of the molecule is CC(C)C(C)C(N)CC1CC2CCC1C2. The lowest BCUT2D eigenvalue weighted by atomic mass is 9.79. The quantitative estimate of drug-likeness (QED) is 0.754. The standard InChI is InChI=1S/C14H27N/c1-9(2)10(3)14(15)8-13-7-11-4-5-12(13)6-11/h9-14H,4-8,15H2,1-3H3. The van der Waals surface area contributed by atoms with E-state index in [9.17, 15) is 0 Å². The van der Waals surface area contributed by atoms with Crippen molar-refractivity contribution < 1.29 is 0 Å². The van der Waals surface area contributed by atoms with Crippen LogP contribution in [0.5, 0.6) is 0 Å². The van der Waals surface area contributed by atoms with Crippen molar-refractivity contribution in [3.63, 3.8) is 0 Å². The van der Waals surface area contributed by atoms with Gasteiger partial charge in [-0.15, -0.1) is 0 Å². The summed E-state index contributed by atoms with van der Waals surface area (Å²) in [6.45, 7) is 6.92. The molecule has 5 unspecified atom stereocenters. The van der Waals surface area contributed by atoms with Crippen molar-refractivity contribution in [2.45, 2.75) is 58.9 Å². The van der Waals surface area contributed by atoms with E-state index in [1.165, 1.54) is 32.1 Å². The Morgan fingerprint density at radius 1 is 1.13 bits per heavy atom. The molecule has 0 saturated heterocycles. The van der Waals surface area contributed by atoms with Crippen molar-refractivity contribution in [1.29, 1.82) is 0 Å². The van der Waals surface area contributed by atoms with Crippen LogP contribution in [0.2, 0.25) is 0 Å². The van der Waals surface area contributed by atoms with Crippen LogP contribution in [0.25, 0.3) is 0 Å². The molecule has 0 radical (unpaired) electrons. The van der Waals surface area contributed by atoms with E-state index in [0.717, 1.165) is 23.7 Å². The van der Waals surface area contributed by atoms with E-state index in [-0.39, 0.29) is 0 Å². The normalized spacial score (nSPS) is 38.6. The Bertz CT molecular complexity index is 211. The highest BCUT2D eigenvalue weighted by Gasteiger charge is 2.40. The number of rotatable bonds is 4. The van der Waals surface area contributed by atoms with Crippen molar-refractivity contribution in [1.82, 2.24) is 0 Å². The van der Waals surface area contributed by atoms with Gasteiger partial charge in [0.15, 0.2) is 0 Å². The highest BCUT2D eigenvalue weighted by Crippen LogP contribution is 2.50. The lowest BCUT2D eigenvalue weighted by Crippen LogP contribution is -2.34. The molecule has 2 aliphatic rings. The van der Waals surface area contributed by atoms with Crippen molar-refractivity contribution in [3.8, 4) is 0 Å². The molecule has 2 rings (SSSR count). The van der Waals surface area contributed by atoms with E-state index in [4.69, 9.17) is 5.73 Å². The molecule has 1 nitrogen and oxygen atoms in total. The number of fused-ring (bicyclic) bond motifs is 2. The molecule has 2 saturated carbocycles. The minimum Gasteiger partial charge on any atom is -0.327 e. The second kappa shape index (κ2) is 4.45. The van der Waals surface area contributed by atoms with Gasteiger partial charge >= 0.3 is 0 Å². The molecule has 2 fully saturated rings. The third-order valence-corrected chi connectivity index (χ3v) is 5.19. The van der Waals surface area contributed by atoms with Crippen molar-refractivity contribution >= 4 is 0 Å². The van der Waals surface area contributed by atoms with E-state index < -0.39 is 0 Å². The zero-order chi connectivity index (χ0) is 11.0. The molecule has 88 valence electrons. The molecular weight excluding hydrogens is 182 g/mol. The second-order valence-electron chi connectivity index (χ2n) is 6.44. The molecule has 0 aliphatic heterocycles. The fraction of sp³-hybridized carbons (Fsp3) is 1.00. The molecule has 2 aliphatic carbocycles. The first-order valence-corrected chi connectivity index (χ1v) is 6.83. The van der Waals surface area contributed by atoms with Gasteiger partial charge in [0.25, 0.3) is 0 Å². The molecule has 0 aromatic carbocycles. The summed E-state index contributed by atoms with van der Waals surface area (Å²) >= 11 is 0. The van der Waals surface area contributed by atoms with Crippen LogP contribution in [-0.4, -0.2) is 6.04 Å². The van der Waals surface area contributed by atoms with Gasteiger partial charge in [0.1, 0.15) is 0 Å². The highest BCUT2D eigenvalue weighted by atomic mass is 14.7. The third kappa shape index (κ3) is 2.38. The average molecular weight is 209 g/mol. The van der Waals surface area contributed by atoms with E-state index in [1.54, 1.807) is 0 Å². The molecular formula is C14H27N. The number of hydrogen-bond acceptors (Lipinski definition) is 1.